The lowest BCUT2D eigenvalue weighted by atomic mass is 10.2. The van der Waals surface area contributed by atoms with E-state index in [0.717, 1.165) is 0 Å². The molecule has 0 saturated carbocycles. The average Bonchev–Trinajstić information content (AvgIpc) is 2.46. The van der Waals surface area contributed by atoms with E-state index in [1.54, 1.807) is 24.3 Å². The Morgan fingerprint density at radius 1 is 1.24 bits per heavy atom. The first-order chi connectivity index (χ1) is 10.1. The van der Waals surface area contributed by atoms with Crippen LogP contribution in [0.1, 0.15) is 19.4 Å². The second kappa shape index (κ2) is 6.49. The molecule has 108 valence electrons. The second-order valence-corrected chi connectivity index (χ2v) is 4.39. The SMILES string of the molecule is CC(C)Oc1nc(NN)nc(Nc2cccc(C#N)c2)n1. The van der Waals surface area contributed by atoms with Crippen LogP contribution < -0.4 is 21.3 Å². The molecule has 0 atom stereocenters. The van der Waals surface area contributed by atoms with Gasteiger partial charge in [-0.25, -0.2) is 5.84 Å². The fourth-order valence-electron chi connectivity index (χ4n) is 1.54. The maximum absolute atomic E-state index is 8.89. The van der Waals surface area contributed by atoms with Crippen LogP contribution in [0.15, 0.2) is 24.3 Å². The third kappa shape index (κ3) is 4.02. The summed E-state index contributed by atoms with van der Waals surface area (Å²) in [6.07, 6.45) is -0.0761. The first kappa shape index (κ1) is 14.5. The molecular weight excluding hydrogens is 270 g/mol. The van der Waals surface area contributed by atoms with Crippen LogP contribution in [-0.4, -0.2) is 21.1 Å². The molecule has 8 nitrogen and oxygen atoms in total. The van der Waals surface area contributed by atoms with Crippen molar-refractivity contribution in [1.29, 1.82) is 5.26 Å². The Balaban J connectivity index is 2.28. The number of hydrogen-bond acceptors (Lipinski definition) is 8. The van der Waals surface area contributed by atoms with Crippen molar-refractivity contribution in [2.24, 2.45) is 5.84 Å². The molecule has 0 aliphatic heterocycles. The zero-order valence-corrected chi connectivity index (χ0v) is 11.7. The van der Waals surface area contributed by atoms with Gasteiger partial charge < -0.3 is 10.1 Å². The number of aromatic nitrogens is 3. The van der Waals surface area contributed by atoms with Crippen molar-refractivity contribution in [3.05, 3.63) is 29.8 Å². The van der Waals surface area contributed by atoms with Gasteiger partial charge in [0.2, 0.25) is 11.9 Å². The molecule has 0 saturated heterocycles. The van der Waals surface area contributed by atoms with E-state index in [1.807, 2.05) is 13.8 Å². The molecule has 0 spiro atoms. The minimum absolute atomic E-state index is 0.0761. The first-order valence-corrected chi connectivity index (χ1v) is 6.27. The third-order valence-corrected chi connectivity index (χ3v) is 2.33. The maximum Gasteiger partial charge on any atom is 0.323 e. The zero-order chi connectivity index (χ0) is 15.2. The third-order valence-electron chi connectivity index (χ3n) is 2.33. The second-order valence-electron chi connectivity index (χ2n) is 4.39. The number of hydrazine groups is 1. The van der Waals surface area contributed by atoms with Crippen molar-refractivity contribution in [1.82, 2.24) is 15.0 Å². The standard InChI is InChI=1S/C13H15N7O/c1-8(2)21-13-18-11(17-12(19-13)20-15)16-10-5-3-4-9(6-10)7-14/h3-6,8H,15H2,1-2H3,(H2,16,17,18,19,20). The number of hydrogen-bond donors (Lipinski definition) is 3. The van der Waals surface area contributed by atoms with Gasteiger partial charge in [-0.2, -0.15) is 20.2 Å². The number of nitrogens with zero attached hydrogens (tertiary/aromatic N) is 4. The molecular formula is C13H15N7O. The van der Waals surface area contributed by atoms with Gasteiger partial charge in [0, 0.05) is 5.69 Å². The van der Waals surface area contributed by atoms with Crippen molar-refractivity contribution in [3.8, 4) is 12.1 Å². The summed E-state index contributed by atoms with van der Waals surface area (Å²) in [5.74, 6) is 5.78. The molecule has 1 heterocycles. The Kier molecular flexibility index (Phi) is 4.48. The molecule has 1 aromatic carbocycles. The Bertz CT molecular complexity index is 666. The van der Waals surface area contributed by atoms with Gasteiger partial charge in [-0.05, 0) is 32.0 Å². The Labute approximate surface area is 122 Å². The van der Waals surface area contributed by atoms with Crippen LogP contribution in [0, 0.1) is 11.3 Å². The minimum atomic E-state index is -0.0761. The van der Waals surface area contributed by atoms with Gasteiger partial charge >= 0.3 is 6.01 Å². The van der Waals surface area contributed by atoms with Crippen LogP contribution in [0.4, 0.5) is 17.6 Å². The number of nitrogens with one attached hydrogen (secondary N) is 2. The number of anilines is 3. The van der Waals surface area contributed by atoms with E-state index >= 15 is 0 Å². The van der Waals surface area contributed by atoms with E-state index in [4.69, 9.17) is 15.8 Å². The highest BCUT2D eigenvalue weighted by atomic mass is 16.5. The van der Waals surface area contributed by atoms with Gasteiger partial charge in [-0.15, -0.1) is 0 Å². The number of rotatable bonds is 5. The van der Waals surface area contributed by atoms with Crippen LogP contribution >= 0.6 is 0 Å². The molecule has 8 heteroatoms. The minimum Gasteiger partial charge on any atom is -0.461 e. The molecule has 1 aromatic heterocycles. The van der Waals surface area contributed by atoms with Gasteiger partial charge in [0.25, 0.3) is 0 Å². The highest BCUT2D eigenvalue weighted by Gasteiger charge is 2.09. The monoisotopic (exact) mass is 285 g/mol. The summed E-state index contributed by atoms with van der Waals surface area (Å²) in [5, 5.41) is 11.9. The maximum atomic E-state index is 8.89. The van der Waals surface area contributed by atoms with Crippen LogP contribution in [0.2, 0.25) is 0 Å². The topological polar surface area (TPSA) is 122 Å². The Hall–Kier alpha value is -2.92. The number of nitrogen functional groups attached to an aromatic ring is 1. The quantitative estimate of drug-likeness (QED) is 0.559. The molecule has 0 aliphatic rings. The average molecular weight is 285 g/mol. The van der Waals surface area contributed by atoms with Crippen molar-refractivity contribution in [2.75, 3.05) is 10.7 Å². The Morgan fingerprint density at radius 2 is 2.00 bits per heavy atom. The molecule has 2 rings (SSSR count). The number of benzene rings is 1. The van der Waals surface area contributed by atoms with Crippen LogP contribution in [0.3, 0.4) is 0 Å². The van der Waals surface area contributed by atoms with Gasteiger partial charge in [0.15, 0.2) is 0 Å². The number of nitriles is 1. The fourth-order valence-corrected chi connectivity index (χ4v) is 1.54. The lowest BCUT2D eigenvalue weighted by Crippen LogP contribution is -2.15. The van der Waals surface area contributed by atoms with E-state index in [9.17, 15) is 0 Å². The van der Waals surface area contributed by atoms with Gasteiger partial charge in [0.05, 0.1) is 17.7 Å². The summed E-state index contributed by atoms with van der Waals surface area (Å²) in [6, 6.07) is 9.17. The lowest BCUT2D eigenvalue weighted by Gasteiger charge is -2.11. The van der Waals surface area contributed by atoms with E-state index in [1.165, 1.54) is 0 Å². The van der Waals surface area contributed by atoms with E-state index in [-0.39, 0.29) is 24.0 Å². The summed E-state index contributed by atoms with van der Waals surface area (Å²) >= 11 is 0. The smallest absolute Gasteiger partial charge is 0.323 e. The zero-order valence-electron chi connectivity index (χ0n) is 11.7. The van der Waals surface area contributed by atoms with Crippen LogP contribution in [-0.2, 0) is 0 Å². The molecule has 2 aromatic rings. The van der Waals surface area contributed by atoms with Crippen molar-refractivity contribution in [3.63, 3.8) is 0 Å². The van der Waals surface area contributed by atoms with Crippen molar-refractivity contribution >= 4 is 17.6 Å². The molecule has 0 fully saturated rings. The summed E-state index contributed by atoms with van der Waals surface area (Å²) < 4.78 is 5.43. The number of nitrogens with two attached hydrogens (primary N) is 1. The van der Waals surface area contributed by atoms with Gasteiger partial charge in [0.1, 0.15) is 0 Å². The summed E-state index contributed by atoms with van der Waals surface area (Å²) in [4.78, 5) is 12.2. The van der Waals surface area contributed by atoms with E-state index in [0.29, 0.717) is 11.3 Å². The predicted octanol–water partition coefficient (Wildman–Crippen LogP) is 1.56. The van der Waals surface area contributed by atoms with Crippen LogP contribution in [0.25, 0.3) is 0 Å². The largest absolute Gasteiger partial charge is 0.461 e. The molecule has 21 heavy (non-hydrogen) atoms. The Morgan fingerprint density at radius 3 is 2.67 bits per heavy atom. The molecule has 0 aliphatic carbocycles. The molecule has 0 amide bonds. The number of ether oxygens (including phenoxy) is 1. The van der Waals surface area contributed by atoms with Gasteiger partial charge in [-0.1, -0.05) is 6.07 Å². The highest BCUT2D eigenvalue weighted by Crippen LogP contribution is 2.17. The van der Waals surface area contributed by atoms with E-state index < -0.39 is 0 Å². The van der Waals surface area contributed by atoms with Crippen molar-refractivity contribution < 1.29 is 4.74 Å². The molecule has 0 bridgehead atoms. The lowest BCUT2D eigenvalue weighted by molar-refractivity contribution is 0.222. The summed E-state index contributed by atoms with van der Waals surface area (Å²) in [7, 11) is 0. The first-order valence-electron chi connectivity index (χ1n) is 6.27. The van der Waals surface area contributed by atoms with E-state index in [2.05, 4.69) is 31.8 Å². The fraction of sp³-hybridized carbons (Fsp3) is 0.231. The van der Waals surface area contributed by atoms with Crippen molar-refractivity contribution in [2.45, 2.75) is 20.0 Å². The molecule has 0 radical (unpaired) electrons. The van der Waals surface area contributed by atoms with Gasteiger partial charge in [-0.3, -0.25) is 5.43 Å². The normalized spacial score (nSPS) is 10.0. The molecule has 0 unspecified atom stereocenters. The summed E-state index contributed by atoms with van der Waals surface area (Å²) in [5.41, 5.74) is 3.57. The molecule has 4 N–H and O–H groups in total. The highest BCUT2D eigenvalue weighted by molar-refractivity contribution is 5.57. The van der Waals surface area contributed by atoms with Crippen LogP contribution in [0.5, 0.6) is 6.01 Å². The predicted molar refractivity (Wildman–Crippen MR) is 77.8 cm³/mol. The summed E-state index contributed by atoms with van der Waals surface area (Å²) in [6.45, 7) is 3.73.